The number of rotatable bonds is 3. The third-order valence-corrected chi connectivity index (χ3v) is 6.29. The van der Waals surface area contributed by atoms with E-state index < -0.39 is 27.4 Å². The van der Waals surface area contributed by atoms with Gasteiger partial charge in [0, 0.05) is 0 Å². The van der Waals surface area contributed by atoms with Gasteiger partial charge in [0.15, 0.2) is 0 Å². The minimum Gasteiger partial charge on any atom is -0.457 e. The van der Waals surface area contributed by atoms with Crippen LogP contribution in [-0.2, 0) is 19.6 Å². The number of fused-ring (bicyclic) bond motifs is 2. The number of carbonyl (C=O) groups is 1. The molecule has 4 rings (SSSR count). The first kappa shape index (κ1) is 16.1. The zero-order valence-corrected chi connectivity index (χ0v) is 12.9. The topological polar surface area (TPSA) is 80.7 Å². The third-order valence-electron chi connectivity index (χ3n) is 5.48. The molecule has 126 valence electrons. The molecule has 0 saturated heterocycles. The fourth-order valence-corrected chi connectivity index (χ4v) is 4.94. The highest BCUT2D eigenvalue weighted by molar-refractivity contribution is 7.87. The lowest BCUT2D eigenvalue weighted by molar-refractivity contribution is -0.173. The zero-order valence-electron chi connectivity index (χ0n) is 12.1. The maximum Gasteiger partial charge on any atom is 0.465 e. The Morgan fingerprint density at radius 1 is 1.00 bits per heavy atom. The molecule has 0 aromatic heterocycles. The highest BCUT2D eigenvalue weighted by atomic mass is 32.2. The van der Waals surface area contributed by atoms with E-state index in [9.17, 15) is 22.0 Å². The molecule has 0 aromatic rings. The van der Waals surface area contributed by atoms with Crippen LogP contribution in [0.1, 0.15) is 44.9 Å². The number of esters is 1. The SMILES string of the molecule is O=C(OC1CCC2CC3CC(C2)CC1C3)C(F)(F)S(=O)(=O)O. The summed E-state index contributed by atoms with van der Waals surface area (Å²) in [6.07, 6.45) is 5.82. The van der Waals surface area contributed by atoms with E-state index >= 15 is 0 Å². The van der Waals surface area contributed by atoms with Crippen LogP contribution in [0.3, 0.4) is 0 Å². The summed E-state index contributed by atoms with van der Waals surface area (Å²) in [6.45, 7) is 0. The van der Waals surface area contributed by atoms with Gasteiger partial charge in [0.25, 0.3) is 0 Å². The summed E-state index contributed by atoms with van der Waals surface area (Å²) < 4.78 is 61.3. The maximum absolute atomic E-state index is 13.4. The minimum atomic E-state index is -5.80. The van der Waals surface area contributed by atoms with Gasteiger partial charge in [-0.3, -0.25) is 4.55 Å². The van der Waals surface area contributed by atoms with Gasteiger partial charge in [-0.1, -0.05) is 0 Å². The third kappa shape index (κ3) is 2.87. The van der Waals surface area contributed by atoms with Crippen molar-refractivity contribution >= 4 is 16.1 Å². The van der Waals surface area contributed by atoms with Crippen LogP contribution in [0, 0.1) is 23.7 Å². The quantitative estimate of drug-likeness (QED) is 0.632. The van der Waals surface area contributed by atoms with E-state index in [4.69, 9.17) is 9.29 Å². The first-order chi connectivity index (χ1) is 10.2. The molecule has 22 heavy (non-hydrogen) atoms. The maximum atomic E-state index is 13.4. The smallest absolute Gasteiger partial charge is 0.457 e. The van der Waals surface area contributed by atoms with E-state index in [2.05, 4.69) is 0 Å². The summed E-state index contributed by atoms with van der Waals surface area (Å²) in [6, 6.07) is 0. The Morgan fingerprint density at radius 3 is 2.09 bits per heavy atom. The summed E-state index contributed by atoms with van der Waals surface area (Å²) in [7, 11) is -5.80. The first-order valence-electron chi connectivity index (χ1n) is 7.72. The fraction of sp³-hybridized carbons (Fsp3) is 0.929. The number of alkyl halides is 2. The lowest BCUT2D eigenvalue weighted by Gasteiger charge is -2.47. The molecule has 4 saturated carbocycles. The number of hydrogen-bond acceptors (Lipinski definition) is 4. The van der Waals surface area contributed by atoms with Crippen molar-refractivity contribution in [1.82, 2.24) is 0 Å². The van der Waals surface area contributed by atoms with E-state index in [1.807, 2.05) is 0 Å². The van der Waals surface area contributed by atoms with Crippen LogP contribution in [0.2, 0.25) is 0 Å². The molecule has 8 heteroatoms. The van der Waals surface area contributed by atoms with E-state index in [1.165, 1.54) is 0 Å². The van der Waals surface area contributed by atoms with Crippen LogP contribution in [0.5, 0.6) is 0 Å². The van der Waals surface area contributed by atoms with Crippen LogP contribution in [0.15, 0.2) is 0 Å². The standard InChI is InChI=1S/C14H20F2O5S/c15-14(16,22(18,19)20)13(17)21-12-2-1-8-3-9-5-10(4-8)7-11(12)6-9/h8-12H,1-7H2,(H,18,19,20). The van der Waals surface area contributed by atoms with Crippen molar-refractivity contribution in [3.8, 4) is 0 Å². The molecule has 0 spiro atoms. The van der Waals surface area contributed by atoms with E-state index in [1.54, 1.807) is 0 Å². The molecular weight excluding hydrogens is 318 g/mol. The van der Waals surface area contributed by atoms with Gasteiger partial charge in [-0.2, -0.15) is 17.2 Å². The number of ether oxygens (including phenoxy) is 1. The Balaban J connectivity index is 1.74. The molecule has 4 aliphatic rings. The Bertz CT molecular complexity index is 548. The largest absolute Gasteiger partial charge is 0.465 e. The van der Waals surface area contributed by atoms with Crippen LogP contribution >= 0.6 is 0 Å². The number of hydrogen-bond donors (Lipinski definition) is 1. The molecule has 3 unspecified atom stereocenters. The van der Waals surface area contributed by atoms with Crippen molar-refractivity contribution in [3.05, 3.63) is 0 Å². The second kappa shape index (κ2) is 5.40. The Labute approximate surface area is 128 Å². The normalized spacial score (nSPS) is 38.4. The second-order valence-electron chi connectivity index (χ2n) is 7.05. The van der Waals surface area contributed by atoms with Gasteiger partial charge in [-0.15, -0.1) is 0 Å². The van der Waals surface area contributed by atoms with Crippen molar-refractivity contribution in [2.75, 3.05) is 0 Å². The predicted octanol–water partition coefficient (Wildman–Crippen LogP) is 2.62. The molecular formula is C14H20F2O5S. The molecule has 0 amide bonds. The van der Waals surface area contributed by atoms with Gasteiger partial charge in [-0.25, -0.2) is 4.79 Å². The van der Waals surface area contributed by atoms with E-state index in [0.29, 0.717) is 24.2 Å². The van der Waals surface area contributed by atoms with Crippen LogP contribution in [-0.4, -0.2) is 30.3 Å². The predicted molar refractivity (Wildman–Crippen MR) is 72.7 cm³/mol. The van der Waals surface area contributed by atoms with Crippen LogP contribution in [0.4, 0.5) is 8.78 Å². The second-order valence-corrected chi connectivity index (χ2v) is 8.51. The minimum absolute atomic E-state index is 0.0196. The van der Waals surface area contributed by atoms with Gasteiger partial charge < -0.3 is 4.74 Å². The Morgan fingerprint density at radius 2 is 1.55 bits per heavy atom. The van der Waals surface area contributed by atoms with Crippen molar-refractivity contribution in [3.63, 3.8) is 0 Å². The highest BCUT2D eigenvalue weighted by Crippen LogP contribution is 2.50. The zero-order chi connectivity index (χ0) is 16.1. The van der Waals surface area contributed by atoms with Crippen molar-refractivity contribution in [2.45, 2.75) is 56.3 Å². The van der Waals surface area contributed by atoms with Crippen LogP contribution < -0.4 is 0 Å². The van der Waals surface area contributed by atoms with Crippen molar-refractivity contribution in [2.24, 2.45) is 23.7 Å². The van der Waals surface area contributed by atoms with Gasteiger partial charge in [-0.05, 0) is 68.6 Å². The molecule has 4 aliphatic carbocycles. The Kier molecular flexibility index (Phi) is 3.96. The molecule has 0 radical (unpaired) electrons. The van der Waals surface area contributed by atoms with Gasteiger partial charge >= 0.3 is 21.3 Å². The lowest BCUT2D eigenvalue weighted by atomic mass is 9.60. The van der Waals surface area contributed by atoms with E-state index in [0.717, 1.165) is 38.5 Å². The van der Waals surface area contributed by atoms with Gasteiger partial charge in [0.05, 0.1) is 0 Å². The Hall–Kier alpha value is -0.760. The lowest BCUT2D eigenvalue weighted by Crippen LogP contribution is -2.45. The molecule has 4 fully saturated rings. The first-order valence-corrected chi connectivity index (χ1v) is 9.16. The monoisotopic (exact) mass is 338 g/mol. The summed E-state index contributed by atoms with van der Waals surface area (Å²) >= 11 is 0. The summed E-state index contributed by atoms with van der Waals surface area (Å²) in [5, 5.41) is -4.90. The van der Waals surface area contributed by atoms with Gasteiger partial charge in [0.2, 0.25) is 0 Å². The average Bonchev–Trinajstić information content (AvgIpc) is 2.39. The molecule has 0 aliphatic heterocycles. The summed E-state index contributed by atoms with van der Waals surface area (Å²) in [4.78, 5) is 11.5. The molecule has 1 N–H and O–H groups in total. The highest BCUT2D eigenvalue weighted by Gasteiger charge is 2.55. The van der Waals surface area contributed by atoms with E-state index in [-0.39, 0.29) is 5.92 Å². The summed E-state index contributed by atoms with van der Waals surface area (Å²) in [5.41, 5.74) is 0. The molecule has 5 nitrogen and oxygen atoms in total. The molecule has 4 bridgehead atoms. The molecule has 0 heterocycles. The molecule has 0 aromatic carbocycles. The fourth-order valence-electron chi connectivity index (χ4n) is 4.68. The number of halogens is 2. The summed E-state index contributed by atoms with van der Waals surface area (Å²) in [5.74, 6) is -0.465. The van der Waals surface area contributed by atoms with Crippen molar-refractivity contribution in [1.29, 1.82) is 0 Å². The molecule has 3 atom stereocenters. The van der Waals surface area contributed by atoms with Crippen LogP contribution in [0.25, 0.3) is 0 Å². The van der Waals surface area contributed by atoms with Crippen molar-refractivity contribution < 1.29 is 31.3 Å². The van der Waals surface area contributed by atoms with Gasteiger partial charge in [0.1, 0.15) is 6.10 Å². The number of carbonyl (C=O) groups excluding carboxylic acids is 1. The average molecular weight is 338 g/mol.